The van der Waals surface area contributed by atoms with Crippen LogP contribution in [-0.4, -0.2) is 20.8 Å². The zero-order valence-electron chi connectivity index (χ0n) is 11.8. The Bertz CT molecular complexity index is 414. The highest BCUT2D eigenvalue weighted by Gasteiger charge is 2.16. The number of hydrogen-bond acceptors (Lipinski definition) is 4. The van der Waals surface area contributed by atoms with E-state index in [4.69, 9.17) is 19.9 Å². The number of nitrogen functional groups attached to an aromatic ring is 1. The predicted octanol–water partition coefficient (Wildman–Crippen LogP) is 3.25. The number of anilines is 1. The van der Waals surface area contributed by atoms with Crippen molar-refractivity contribution >= 4 is 5.69 Å². The van der Waals surface area contributed by atoms with E-state index in [0.29, 0.717) is 28.9 Å². The van der Waals surface area contributed by atoms with Crippen LogP contribution in [0.2, 0.25) is 0 Å². The summed E-state index contributed by atoms with van der Waals surface area (Å²) < 4.78 is 16.3. The first kappa shape index (κ1) is 13.8. The molecule has 0 saturated heterocycles. The van der Waals surface area contributed by atoms with Crippen LogP contribution in [0.25, 0.3) is 0 Å². The molecule has 2 rings (SSSR count). The van der Waals surface area contributed by atoms with Crippen LogP contribution in [0.4, 0.5) is 5.69 Å². The standard InChI is InChI=1S/C15H23NO3/c1-17-14-8-12(16)13(9-15(14)18-2)19-10-11-6-4-3-5-7-11/h8-9,11H,3-7,10,16H2,1-2H3. The van der Waals surface area contributed by atoms with Gasteiger partial charge in [-0.3, -0.25) is 0 Å². The second-order valence-corrected chi connectivity index (χ2v) is 5.06. The van der Waals surface area contributed by atoms with Crippen molar-refractivity contribution in [3.63, 3.8) is 0 Å². The largest absolute Gasteiger partial charge is 0.493 e. The molecule has 2 N–H and O–H groups in total. The fraction of sp³-hybridized carbons (Fsp3) is 0.600. The van der Waals surface area contributed by atoms with Crippen LogP contribution in [0.5, 0.6) is 17.2 Å². The van der Waals surface area contributed by atoms with Gasteiger partial charge in [0.15, 0.2) is 11.5 Å². The van der Waals surface area contributed by atoms with Crippen LogP contribution < -0.4 is 19.9 Å². The maximum absolute atomic E-state index is 5.98. The number of hydrogen-bond donors (Lipinski definition) is 1. The van der Waals surface area contributed by atoms with Crippen LogP contribution in [0, 0.1) is 5.92 Å². The van der Waals surface area contributed by atoms with E-state index in [-0.39, 0.29) is 0 Å². The van der Waals surface area contributed by atoms with Crippen molar-refractivity contribution in [2.75, 3.05) is 26.6 Å². The van der Waals surface area contributed by atoms with E-state index in [9.17, 15) is 0 Å². The Balaban J connectivity index is 2.02. The lowest BCUT2D eigenvalue weighted by atomic mass is 9.90. The quantitative estimate of drug-likeness (QED) is 0.830. The number of ether oxygens (including phenoxy) is 3. The van der Waals surface area contributed by atoms with Crippen molar-refractivity contribution in [3.8, 4) is 17.2 Å². The van der Waals surface area contributed by atoms with Gasteiger partial charge in [0.1, 0.15) is 5.75 Å². The summed E-state index contributed by atoms with van der Waals surface area (Å²) in [5, 5.41) is 0. The first-order valence-corrected chi connectivity index (χ1v) is 6.89. The van der Waals surface area contributed by atoms with Gasteiger partial charge in [0.05, 0.1) is 26.5 Å². The van der Waals surface area contributed by atoms with Crippen LogP contribution in [0.1, 0.15) is 32.1 Å². The van der Waals surface area contributed by atoms with Gasteiger partial charge in [0, 0.05) is 12.1 Å². The fourth-order valence-corrected chi connectivity index (χ4v) is 2.56. The molecule has 0 amide bonds. The highest BCUT2D eigenvalue weighted by molar-refractivity contribution is 5.61. The van der Waals surface area contributed by atoms with Gasteiger partial charge in [0.2, 0.25) is 0 Å². The van der Waals surface area contributed by atoms with Gasteiger partial charge in [0.25, 0.3) is 0 Å². The third-order valence-corrected chi connectivity index (χ3v) is 3.72. The van der Waals surface area contributed by atoms with E-state index in [2.05, 4.69) is 0 Å². The second kappa shape index (κ2) is 6.55. The van der Waals surface area contributed by atoms with Gasteiger partial charge in [-0.15, -0.1) is 0 Å². The second-order valence-electron chi connectivity index (χ2n) is 5.06. The van der Waals surface area contributed by atoms with E-state index in [1.165, 1.54) is 32.1 Å². The summed E-state index contributed by atoms with van der Waals surface area (Å²) >= 11 is 0. The lowest BCUT2D eigenvalue weighted by molar-refractivity contribution is 0.209. The van der Waals surface area contributed by atoms with E-state index in [1.54, 1.807) is 26.4 Å². The minimum atomic E-state index is 0.591. The molecule has 1 aliphatic rings. The van der Waals surface area contributed by atoms with E-state index < -0.39 is 0 Å². The average molecular weight is 265 g/mol. The molecule has 4 nitrogen and oxygen atoms in total. The molecule has 1 aromatic rings. The molecule has 0 unspecified atom stereocenters. The Morgan fingerprint density at radius 2 is 1.63 bits per heavy atom. The third kappa shape index (κ3) is 3.46. The minimum absolute atomic E-state index is 0.591. The van der Waals surface area contributed by atoms with E-state index in [1.807, 2.05) is 0 Å². The molecule has 0 aromatic heterocycles. The number of nitrogens with two attached hydrogens (primary N) is 1. The Morgan fingerprint density at radius 1 is 1.00 bits per heavy atom. The lowest BCUT2D eigenvalue weighted by Gasteiger charge is -2.22. The summed E-state index contributed by atoms with van der Waals surface area (Å²) in [6, 6.07) is 3.55. The molecule has 0 aliphatic heterocycles. The Kier molecular flexibility index (Phi) is 4.77. The fourth-order valence-electron chi connectivity index (χ4n) is 2.56. The first-order valence-electron chi connectivity index (χ1n) is 6.89. The highest BCUT2D eigenvalue weighted by Crippen LogP contribution is 2.36. The molecule has 4 heteroatoms. The first-order chi connectivity index (χ1) is 9.24. The molecule has 1 aliphatic carbocycles. The van der Waals surface area contributed by atoms with Crippen molar-refractivity contribution in [3.05, 3.63) is 12.1 Å². The summed E-state index contributed by atoms with van der Waals surface area (Å²) in [4.78, 5) is 0. The van der Waals surface area contributed by atoms with Gasteiger partial charge < -0.3 is 19.9 Å². The molecule has 1 saturated carbocycles. The third-order valence-electron chi connectivity index (χ3n) is 3.72. The van der Waals surface area contributed by atoms with Crippen molar-refractivity contribution in [2.24, 2.45) is 5.92 Å². The van der Waals surface area contributed by atoms with Crippen LogP contribution in [0.15, 0.2) is 12.1 Å². The summed E-state index contributed by atoms with van der Waals surface area (Å²) in [6.07, 6.45) is 6.50. The highest BCUT2D eigenvalue weighted by atomic mass is 16.5. The lowest BCUT2D eigenvalue weighted by Crippen LogP contribution is -2.15. The number of methoxy groups -OCH3 is 2. The maximum atomic E-state index is 5.98. The monoisotopic (exact) mass is 265 g/mol. The van der Waals surface area contributed by atoms with Gasteiger partial charge in [-0.05, 0) is 18.8 Å². The Morgan fingerprint density at radius 3 is 2.26 bits per heavy atom. The molecular weight excluding hydrogens is 242 g/mol. The molecule has 0 radical (unpaired) electrons. The molecular formula is C15H23NO3. The maximum Gasteiger partial charge on any atom is 0.164 e. The molecule has 0 bridgehead atoms. The van der Waals surface area contributed by atoms with Crippen molar-refractivity contribution < 1.29 is 14.2 Å². The average Bonchev–Trinajstić information content (AvgIpc) is 2.46. The summed E-state index contributed by atoms with van der Waals surface area (Å²) in [5.74, 6) is 2.62. The van der Waals surface area contributed by atoms with E-state index in [0.717, 1.165) is 6.61 Å². The summed E-state index contributed by atoms with van der Waals surface area (Å²) in [5.41, 5.74) is 6.57. The molecule has 0 spiro atoms. The SMILES string of the molecule is COc1cc(N)c(OCC2CCCCC2)cc1OC. The molecule has 19 heavy (non-hydrogen) atoms. The molecule has 106 valence electrons. The van der Waals surface area contributed by atoms with Crippen LogP contribution in [-0.2, 0) is 0 Å². The number of benzene rings is 1. The Hall–Kier alpha value is -1.58. The van der Waals surface area contributed by atoms with Gasteiger partial charge in [-0.25, -0.2) is 0 Å². The van der Waals surface area contributed by atoms with Crippen LogP contribution >= 0.6 is 0 Å². The Labute approximate surface area is 114 Å². The topological polar surface area (TPSA) is 53.7 Å². The van der Waals surface area contributed by atoms with Gasteiger partial charge in [-0.2, -0.15) is 0 Å². The number of rotatable bonds is 5. The molecule has 0 atom stereocenters. The van der Waals surface area contributed by atoms with Gasteiger partial charge >= 0.3 is 0 Å². The minimum Gasteiger partial charge on any atom is -0.493 e. The van der Waals surface area contributed by atoms with E-state index >= 15 is 0 Å². The van der Waals surface area contributed by atoms with Crippen molar-refractivity contribution in [1.82, 2.24) is 0 Å². The summed E-state index contributed by atoms with van der Waals surface area (Å²) in [6.45, 7) is 0.736. The molecule has 1 fully saturated rings. The smallest absolute Gasteiger partial charge is 0.164 e. The predicted molar refractivity (Wildman–Crippen MR) is 76.0 cm³/mol. The van der Waals surface area contributed by atoms with Crippen molar-refractivity contribution in [2.45, 2.75) is 32.1 Å². The van der Waals surface area contributed by atoms with Crippen molar-refractivity contribution in [1.29, 1.82) is 0 Å². The molecule has 0 heterocycles. The zero-order valence-corrected chi connectivity index (χ0v) is 11.8. The normalized spacial score (nSPS) is 16.1. The van der Waals surface area contributed by atoms with Crippen LogP contribution in [0.3, 0.4) is 0 Å². The summed E-state index contributed by atoms with van der Waals surface area (Å²) in [7, 11) is 3.21. The molecule has 1 aromatic carbocycles. The van der Waals surface area contributed by atoms with Gasteiger partial charge in [-0.1, -0.05) is 19.3 Å². The zero-order chi connectivity index (χ0) is 13.7.